The van der Waals surface area contributed by atoms with Crippen LogP contribution in [0.3, 0.4) is 0 Å². The first kappa shape index (κ1) is 55.3. The summed E-state index contributed by atoms with van der Waals surface area (Å²) in [4.78, 5) is 24.4. The number of ether oxygens (including phenoxy) is 1. The molecule has 336 valence electrons. The molecule has 0 fully saturated rings. The Balaban J connectivity index is 3.49. The van der Waals surface area contributed by atoms with Crippen LogP contribution in [-0.4, -0.2) is 47.4 Å². The fraction of sp³-hybridized carbons (Fsp3) is 0.882. The van der Waals surface area contributed by atoms with Gasteiger partial charge < -0.3 is 20.3 Å². The molecule has 0 aliphatic rings. The van der Waals surface area contributed by atoms with E-state index in [1.165, 1.54) is 180 Å². The standard InChI is InChI=1S/C51H97NO5/c1-3-5-7-9-11-13-15-17-20-23-27-31-35-39-43-49(54)48(47-53)52-50(55)44-40-36-32-28-24-21-18-22-26-30-34-38-42-46-57-51(56)45-41-37-33-29-25-19-16-14-12-10-8-6-4-2/h14,16,39,43,48-49,53-54H,3-13,15,17-38,40-42,44-47H2,1-2H3,(H,52,55)/b16-14-,43-39+. The average Bonchev–Trinajstić information content (AvgIpc) is 3.21. The summed E-state index contributed by atoms with van der Waals surface area (Å²) in [5.74, 6) is -0.0978. The summed E-state index contributed by atoms with van der Waals surface area (Å²) in [6.07, 6.45) is 54.5. The molecule has 2 atom stereocenters. The largest absolute Gasteiger partial charge is 0.466 e. The minimum atomic E-state index is -0.852. The number of carbonyl (C=O) groups is 2. The number of carbonyl (C=O) groups excluding carboxylic acids is 2. The highest BCUT2D eigenvalue weighted by Gasteiger charge is 2.18. The van der Waals surface area contributed by atoms with Gasteiger partial charge in [-0.2, -0.15) is 0 Å². The van der Waals surface area contributed by atoms with Gasteiger partial charge in [0.25, 0.3) is 0 Å². The first-order valence-corrected chi connectivity index (χ1v) is 25.1. The Labute approximate surface area is 354 Å². The van der Waals surface area contributed by atoms with Crippen LogP contribution in [0.4, 0.5) is 0 Å². The van der Waals surface area contributed by atoms with Crippen LogP contribution >= 0.6 is 0 Å². The van der Waals surface area contributed by atoms with Gasteiger partial charge in [0.1, 0.15) is 0 Å². The molecule has 0 aromatic heterocycles. The molecular weight excluding hydrogens is 707 g/mol. The van der Waals surface area contributed by atoms with Crippen molar-refractivity contribution in [3.8, 4) is 0 Å². The van der Waals surface area contributed by atoms with Crippen LogP contribution in [0.15, 0.2) is 24.3 Å². The molecule has 6 nitrogen and oxygen atoms in total. The molecule has 0 bridgehead atoms. The Bertz CT molecular complexity index is 889. The van der Waals surface area contributed by atoms with Crippen LogP contribution in [0.1, 0.15) is 264 Å². The average molecular weight is 804 g/mol. The van der Waals surface area contributed by atoms with Crippen molar-refractivity contribution in [1.82, 2.24) is 5.32 Å². The lowest BCUT2D eigenvalue weighted by Crippen LogP contribution is -2.45. The molecule has 0 aromatic rings. The molecule has 0 saturated carbocycles. The highest BCUT2D eigenvalue weighted by Crippen LogP contribution is 2.15. The quantitative estimate of drug-likeness (QED) is 0.0324. The highest BCUT2D eigenvalue weighted by molar-refractivity contribution is 5.76. The molecule has 0 saturated heterocycles. The lowest BCUT2D eigenvalue weighted by Gasteiger charge is -2.20. The second kappa shape index (κ2) is 47.0. The monoisotopic (exact) mass is 804 g/mol. The second-order valence-electron chi connectivity index (χ2n) is 17.1. The first-order chi connectivity index (χ1) is 28.0. The third-order valence-corrected chi connectivity index (χ3v) is 11.5. The Kier molecular flexibility index (Phi) is 45.7. The molecule has 0 aromatic carbocycles. The van der Waals surface area contributed by atoms with Crippen molar-refractivity contribution in [3.63, 3.8) is 0 Å². The van der Waals surface area contributed by atoms with Crippen LogP contribution in [-0.2, 0) is 14.3 Å². The van der Waals surface area contributed by atoms with Gasteiger partial charge in [-0.1, -0.05) is 218 Å². The van der Waals surface area contributed by atoms with Gasteiger partial charge in [0.2, 0.25) is 5.91 Å². The number of hydrogen-bond donors (Lipinski definition) is 3. The van der Waals surface area contributed by atoms with Crippen molar-refractivity contribution in [2.24, 2.45) is 0 Å². The van der Waals surface area contributed by atoms with Gasteiger partial charge in [0.05, 0.1) is 25.4 Å². The number of rotatable bonds is 46. The maximum atomic E-state index is 12.4. The number of aliphatic hydroxyl groups excluding tert-OH is 2. The number of hydrogen-bond acceptors (Lipinski definition) is 5. The van der Waals surface area contributed by atoms with Crippen molar-refractivity contribution in [3.05, 3.63) is 24.3 Å². The summed E-state index contributed by atoms with van der Waals surface area (Å²) in [5, 5.41) is 23.0. The minimum Gasteiger partial charge on any atom is -0.466 e. The predicted molar refractivity (Wildman–Crippen MR) is 246 cm³/mol. The van der Waals surface area contributed by atoms with E-state index in [0.717, 1.165) is 57.8 Å². The SMILES string of the molecule is CCCCCC/C=C\CCCCCCCC(=O)OCCCCCCCCCCCCCCCC(=O)NC(CO)C(O)/C=C/CCCCCCCCCCCCCC. The molecular formula is C51H97NO5. The van der Waals surface area contributed by atoms with Crippen molar-refractivity contribution in [2.75, 3.05) is 13.2 Å². The second-order valence-corrected chi connectivity index (χ2v) is 17.1. The summed E-state index contributed by atoms with van der Waals surface area (Å²) in [6, 6.07) is -0.636. The molecule has 0 aliphatic carbocycles. The number of aliphatic hydroxyl groups is 2. The van der Waals surface area contributed by atoms with E-state index in [4.69, 9.17) is 4.74 Å². The maximum Gasteiger partial charge on any atom is 0.305 e. The molecule has 2 unspecified atom stereocenters. The number of nitrogens with one attached hydrogen (secondary N) is 1. The van der Waals surface area contributed by atoms with E-state index in [-0.39, 0.29) is 18.5 Å². The molecule has 57 heavy (non-hydrogen) atoms. The molecule has 1 amide bonds. The van der Waals surface area contributed by atoms with Crippen molar-refractivity contribution >= 4 is 11.9 Å². The number of esters is 1. The van der Waals surface area contributed by atoms with E-state index < -0.39 is 12.1 Å². The fourth-order valence-electron chi connectivity index (χ4n) is 7.57. The van der Waals surface area contributed by atoms with Gasteiger partial charge in [-0.3, -0.25) is 9.59 Å². The Morgan fingerprint density at radius 3 is 1.26 bits per heavy atom. The maximum absolute atomic E-state index is 12.4. The van der Waals surface area contributed by atoms with Crippen molar-refractivity contribution in [2.45, 2.75) is 276 Å². The topological polar surface area (TPSA) is 95.9 Å². The van der Waals surface area contributed by atoms with E-state index in [1.807, 2.05) is 6.08 Å². The van der Waals surface area contributed by atoms with Crippen LogP contribution in [0.25, 0.3) is 0 Å². The van der Waals surface area contributed by atoms with Gasteiger partial charge in [-0.15, -0.1) is 0 Å². The number of unbranched alkanes of at least 4 members (excludes halogenated alkanes) is 33. The normalized spacial score (nSPS) is 12.8. The molecule has 0 aliphatic heterocycles. The van der Waals surface area contributed by atoms with Gasteiger partial charge in [0.15, 0.2) is 0 Å². The van der Waals surface area contributed by atoms with Crippen LogP contribution in [0.5, 0.6) is 0 Å². The Morgan fingerprint density at radius 2 is 0.825 bits per heavy atom. The summed E-state index contributed by atoms with van der Waals surface area (Å²) in [6.45, 7) is 4.85. The third kappa shape index (κ3) is 43.7. The smallest absolute Gasteiger partial charge is 0.305 e. The van der Waals surface area contributed by atoms with Gasteiger partial charge in [-0.25, -0.2) is 0 Å². The molecule has 0 heterocycles. The fourth-order valence-corrected chi connectivity index (χ4v) is 7.57. The van der Waals surface area contributed by atoms with Crippen molar-refractivity contribution < 1.29 is 24.5 Å². The number of allylic oxidation sites excluding steroid dienone is 3. The molecule has 6 heteroatoms. The van der Waals surface area contributed by atoms with Crippen molar-refractivity contribution in [1.29, 1.82) is 0 Å². The van der Waals surface area contributed by atoms with E-state index in [1.54, 1.807) is 6.08 Å². The van der Waals surface area contributed by atoms with Crippen LogP contribution < -0.4 is 5.32 Å². The Hall–Kier alpha value is -1.66. The number of amides is 1. The molecule has 0 radical (unpaired) electrons. The highest BCUT2D eigenvalue weighted by atomic mass is 16.5. The summed E-state index contributed by atoms with van der Waals surface area (Å²) < 4.78 is 5.45. The van der Waals surface area contributed by atoms with Gasteiger partial charge >= 0.3 is 5.97 Å². The molecule has 0 rings (SSSR count). The third-order valence-electron chi connectivity index (χ3n) is 11.5. The first-order valence-electron chi connectivity index (χ1n) is 25.1. The summed E-state index contributed by atoms with van der Waals surface area (Å²) >= 11 is 0. The zero-order chi connectivity index (χ0) is 41.5. The zero-order valence-corrected chi connectivity index (χ0v) is 38.1. The van der Waals surface area contributed by atoms with Gasteiger partial charge in [-0.05, 0) is 57.8 Å². The van der Waals surface area contributed by atoms with E-state index in [2.05, 4.69) is 31.3 Å². The van der Waals surface area contributed by atoms with Crippen LogP contribution in [0.2, 0.25) is 0 Å². The lowest BCUT2D eigenvalue weighted by atomic mass is 10.0. The minimum absolute atomic E-state index is 0.0165. The lowest BCUT2D eigenvalue weighted by molar-refractivity contribution is -0.143. The molecule has 0 spiro atoms. The van der Waals surface area contributed by atoms with Crippen LogP contribution in [0, 0.1) is 0 Å². The van der Waals surface area contributed by atoms with Gasteiger partial charge in [0, 0.05) is 12.8 Å². The molecule has 3 N–H and O–H groups in total. The Morgan fingerprint density at radius 1 is 0.474 bits per heavy atom. The predicted octanol–water partition coefficient (Wildman–Crippen LogP) is 14.7. The summed E-state index contributed by atoms with van der Waals surface area (Å²) in [7, 11) is 0. The summed E-state index contributed by atoms with van der Waals surface area (Å²) in [5.41, 5.74) is 0. The zero-order valence-electron chi connectivity index (χ0n) is 38.1. The van der Waals surface area contributed by atoms with E-state index >= 15 is 0 Å². The van der Waals surface area contributed by atoms with E-state index in [0.29, 0.717) is 19.4 Å². The van der Waals surface area contributed by atoms with E-state index in [9.17, 15) is 19.8 Å².